The van der Waals surface area contributed by atoms with Gasteiger partial charge in [-0.15, -0.1) is 11.3 Å². The largest absolute Gasteiger partial charge is 0.305 e. The maximum atomic E-state index is 5.01. The quantitative estimate of drug-likeness (QED) is 0.797. The highest BCUT2D eigenvalue weighted by Crippen LogP contribution is 2.49. The molecule has 2 nitrogen and oxygen atoms in total. The first kappa shape index (κ1) is 17.0. The lowest BCUT2D eigenvalue weighted by Crippen LogP contribution is -2.50. The molecule has 21 heavy (non-hydrogen) atoms. The van der Waals surface area contributed by atoms with Crippen LogP contribution in [0.2, 0.25) is 0 Å². The Kier molecular flexibility index (Phi) is 5.15. The molecule has 0 radical (unpaired) electrons. The van der Waals surface area contributed by atoms with Gasteiger partial charge in [0.05, 0.1) is 11.2 Å². The average molecular weight is 309 g/mol. The summed E-state index contributed by atoms with van der Waals surface area (Å²) in [5.74, 6) is 1.27. The van der Waals surface area contributed by atoms with Crippen LogP contribution in [0.3, 0.4) is 0 Å². The molecule has 1 aliphatic rings. The highest BCUT2D eigenvalue weighted by molar-refractivity contribution is 7.09. The molecule has 2 unspecified atom stereocenters. The Bertz CT molecular complexity index is 464. The number of rotatable bonds is 5. The second kappa shape index (κ2) is 6.37. The first-order chi connectivity index (χ1) is 9.78. The van der Waals surface area contributed by atoms with Gasteiger partial charge in [-0.05, 0) is 49.5 Å². The average Bonchev–Trinajstić information content (AvgIpc) is 2.84. The Morgan fingerprint density at radius 1 is 1.38 bits per heavy atom. The van der Waals surface area contributed by atoms with Crippen molar-refractivity contribution in [1.82, 2.24) is 10.3 Å². The SMILES string of the molecule is CCCNC1(c2nc(C(C)C)cs2)CC(C)CC(C)(C)C1. The molecule has 120 valence electrons. The zero-order valence-corrected chi connectivity index (χ0v) is 15.4. The molecule has 0 bridgehead atoms. The monoisotopic (exact) mass is 308 g/mol. The fraction of sp³-hybridized carbons (Fsp3) is 0.833. The molecule has 1 heterocycles. The van der Waals surface area contributed by atoms with Crippen molar-refractivity contribution >= 4 is 11.3 Å². The summed E-state index contributed by atoms with van der Waals surface area (Å²) in [5.41, 5.74) is 1.74. The number of aromatic nitrogens is 1. The third kappa shape index (κ3) is 3.87. The third-order valence-electron chi connectivity index (χ3n) is 4.61. The standard InChI is InChI=1S/C18H32N2S/c1-7-8-19-18(10-14(4)9-17(5,6)12-18)16-20-15(11-21-16)13(2)3/h11,13-14,19H,7-10,12H2,1-6H3. The number of nitrogens with zero attached hydrogens (tertiary/aromatic N) is 1. The van der Waals surface area contributed by atoms with Crippen molar-refractivity contribution in [2.75, 3.05) is 6.54 Å². The van der Waals surface area contributed by atoms with E-state index in [2.05, 4.69) is 52.2 Å². The summed E-state index contributed by atoms with van der Waals surface area (Å²) >= 11 is 1.86. The van der Waals surface area contributed by atoms with Gasteiger partial charge in [-0.25, -0.2) is 4.98 Å². The molecule has 3 heteroatoms. The third-order valence-corrected chi connectivity index (χ3v) is 5.68. The van der Waals surface area contributed by atoms with E-state index in [1.807, 2.05) is 11.3 Å². The molecule has 1 fully saturated rings. The predicted molar refractivity (Wildman–Crippen MR) is 93.0 cm³/mol. The van der Waals surface area contributed by atoms with Gasteiger partial charge >= 0.3 is 0 Å². The van der Waals surface area contributed by atoms with Crippen LogP contribution in [-0.4, -0.2) is 11.5 Å². The summed E-state index contributed by atoms with van der Waals surface area (Å²) in [5, 5.41) is 7.47. The van der Waals surface area contributed by atoms with Crippen molar-refractivity contribution in [3.05, 3.63) is 16.1 Å². The summed E-state index contributed by atoms with van der Waals surface area (Å²) in [6.45, 7) is 15.0. The summed E-state index contributed by atoms with van der Waals surface area (Å²) in [4.78, 5) is 5.01. The molecule has 1 aliphatic carbocycles. The van der Waals surface area contributed by atoms with Gasteiger partial charge in [-0.2, -0.15) is 0 Å². The molecule has 0 saturated heterocycles. The van der Waals surface area contributed by atoms with Gasteiger partial charge in [-0.3, -0.25) is 0 Å². The topological polar surface area (TPSA) is 24.9 Å². The second-order valence-electron chi connectivity index (χ2n) is 8.10. The minimum Gasteiger partial charge on any atom is -0.305 e. The van der Waals surface area contributed by atoms with Crippen LogP contribution in [0.1, 0.15) is 83.8 Å². The zero-order chi connectivity index (χ0) is 15.7. The van der Waals surface area contributed by atoms with E-state index < -0.39 is 0 Å². The van der Waals surface area contributed by atoms with Gasteiger partial charge < -0.3 is 5.32 Å². The summed E-state index contributed by atoms with van der Waals surface area (Å²) < 4.78 is 0. The Morgan fingerprint density at radius 2 is 2.10 bits per heavy atom. The highest BCUT2D eigenvalue weighted by atomic mass is 32.1. The van der Waals surface area contributed by atoms with Crippen molar-refractivity contribution in [3.63, 3.8) is 0 Å². The Hall–Kier alpha value is -0.410. The predicted octanol–water partition coefficient (Wildman–Crippen LogP) is 5.31. The molecule has 1 aromatic heterocycles. The molecule has 2 rings (SSSR count). The van der Waals surface area contributed by atoms with Crippen molar-refractivity contribution in [2.45, 2.75) is 78.7 Å². The number of nitrogens with one attached hydrogen (secondary N) is 1. The Morgan fingerprint density at radius 3 is 2.62 bits per heavy atom. The van der Waals surface area contributed by atoms with Gasteiger partial charge in [0.25, 0.3) is 0 Å². The second-order valence-corrected chi connectivity index (χ2v) is 8.95. The van der Waals surface area contributed by atoms with E-state index in [-0.39, 0.29) is 5.54 Å². The molecule has 0 aromatic carbocycles. The normalized spacial score (nSPS) is 29.0. The first-order valence-corrected chi connectivity index (χ1v) is 9.37. The smallest absolute Gasteiger partial charge is 0.113 e. The van der Waals surface area contributed by atoms with E-state index in [1.54, 1.807) is 0 Å². The molecule has 1 saturated carbocycles. The molecule has 1 N–H and O–H groups in total. The van der Waals surface area contributed by atoms with Gasteiger partial charge in [-0.1, -0.05) is 41.5 Å². The van der Waals surface area contributed by atoms with Crippen molar-refractivity contribution < 1.29 is 0 Å². The number of thiazole rings is 1. The lowest BCUT2D eigenvalue weighted by molar-refractivity contribution is 0.0794. The lowest BCUT2D eigenvalue weighted by atomic mass is 9.64. The fourth-order valence-electron chi connectivity index (χ4n) is 4.08. The zero-order valence-electron chi connectivity index (χ0n) is 14.6. The molecule has 1 aromatic rings. The van der Waals surface area contributed by atoms with Crippen molar-refractivity contribution in [3.8, 4) is 0 Å². The van der Waals surface area contributed by atoms with Gasteiger partial charge in [0, 0.05) is 5.38 Å². The maximum absolute atomic E-state index is 5.01. The van der Waals surface area contributed by atoms with Gasteiger partial charge in [0.2, 0.25) is 0 Å². The van der Waals surface area contributed by atoms with E-state index >= 15 is 0 Å². The van der Waals surface area contributed by atoms with E-state index in [4.69, 9.17) is 4.98 Å². The van der Waals surface area contributed by atoms with Crippen LogP contribution in [0.5, 0.6) is 0 Å². The Labute approximate surface area is 134 Å². The first-order valence-electron chi connectivity index (χ1n) is 8.49. The van der Waals surface area contributed by atoms with Crippen molar-refractivity contribution in [1.29, 1.82) is 0 Å². The van der Waals surface area contributed by atoms with E-state index in [1.165, 1.54) is 36.4 Å². The van der Waals surface area contributed by atoms with Crippen LogP contribution < -0.4 is 5.32 Å². The highest BCUT2D eigenvalue weighted by Gasteiger charge is 2.45. The number of hydrogen-bond acceptors (Lipinski definition) is 3. The maximum Gasteiger partial charge on any atom is 0.113 e. The summed E-state index contributed by atoms with van der Waals surface area (Å²) in [7, 11) is 0. The van der Waals surface area contributed by atoms with Crippen LogP contribution >= 0.6 is 11.3 Å². The van der Waals surface area contributed by atoms with Crippen molar-refractivity contribution in [2.24, 2.45) is 11.3 Å². The molecule has 2 atom stereocenters. The fourth-order valence-corrected chi connectivity index (χ4v) is 5.25. The summed E-state index contributed by atoms with van der Waals surface area (Å²) in [6.07, 6.45) is 4.93. The van der Waals surface area contributed by atoms with E-state index in [0.717, 1.165) is 12.5 Å². The van der Waals surface area contributed by atoms with Crippen LogP contribution in [0.15, 0.2) is 5.38 Å². The van der Waals surface area contributed by atoms with Gasteiger partial charge in [0.1, 0.15) is 5.01 Å². The molecular weight excluding hydrogens is 276 g/mol. The van der Waals surface area contributed by atoms with E-state index in [9.17, 15) is 0 Å². The van der Waals surface area contributed by atoms with Crippen LogP contribution in [0, 0.1) is 11.3 Å². The van der Waals surface area contributed by atoms with Crippen LogP contribution in [-0.2, 0) is 5.54 Å². The van der Waals surface area contributed by atoms with E-state index in [0.29, 0.717) is 11.3 Å². The molecule has 0 spiro atoms. The molecule has 0 aliphatic heterocycles. The minimum absolute atomic E-state index is 0.0922. The lowest BCUT2D eigenvalue weighted by Gasteiger charge is -2.47. The van der Waals surface area contributed by atoms with Crippen LogP contribution in [0.4, 0.5) is 0 Å². The minimum atomic E-state index is 0.0922. The Balaban J connectivity index is 2.35. The number of hydrogen-bond donors (Lipinski definition) is 1. The summed E-state index contributed by atoms with van der Waals surface area (Å²) in [6, 6.07) is 0. The van der Waals surface area contributed by atoms with Crippen LogP contribution in [0.25, 0.3) is 0 Å². The molecule has 0 amide bonds. The van der Waals surface area contributed by atoms with Gasteiger partial charge in [0.15, 0.2) is 0 Å². The molecular formula is C18H32N2S.